The molecule has 2 heterocycles. The zero-order valence-corrected chi connectivity index (χ0v) is 26.2. The van der Waals surface area contributed by atoms with Gasteiger partial charge in [-0.1, -0.05) is 74.5 Å². The molecule has 5 amide bonds. The molecule has 13 nitrogen and oxygen atoms in total. The molecule has 1 saturated heterocycles. The average Bonchev–Trinajstić information content (AvgIpc) is 3.23. The highest BCUT2D eigenvalue weighted by atomic mass is 16.4. The lowest BCUT2D eigenvalue weighted by molar-refractivity contribution is -0.145. The van der Waals surface area contributed by atoms with E-state index in [2.05, 4.69) is 15.6 Å². The molecule has 1 fully saturated rings. The van der Waals surface area contributed by atoms with Crippen LogP contribution in [0.2, 0.25) is 0 Å². The van der Waals surface area contributed by atoms with Gasteiger partial charge in [-0.05, 0) is 48.1 Å². The molecule has 4 rings (SSSR count). The molecule has 13 heteroatoms. The second kappa shape index (κ2) is 14.7. The van der Waals surface area contributed by atoms with E-state index in [9.17, 15) is 39.0 Å². The minimum absolute atomic E-state index is 0. The number of nitrogens with one attached hydrogen (secondary N) is 2. The molecular formula is C34H41N5O8. The zero-order chi connectivity index (χ0) is 34.3. The van der Waals surface area contributed by atoms with E-state index in [1.54, 1.807) is 75.4 Å². The summed E-state index contributed by atoms with van der Waals surface area (Å²) >= 11 is 0. The minimum Gasteiger partial charge on any atom is -0.481 e. The molecule has 250 valence electrons. The highest BCUT2D eigenvalue weighted by Crippen LogP contribution is 2.40. The Hall–Kier alpha value is -5.59. The van der Waals surface area contributed by atoms with Crippen LogP contribution in [0.15, 0.2) is 85.2 Å². The van der Waals surface area contributed by atoms with E-state index in [4.69, 9.17) is 0 Å². The smallest absolute Gasteiger partial charge is 0.330 e. The third-order valence-corrected chi connectivity index (χ3v) is 8.03. The second-order valence-electron chi connectivity index (χ2n) is 11.8. The van der Waals surface area contributed by atoms with E-state index in [1.165, 1.54) is 29.4 Å². The summed E-state index contributed by atoms with van der Waals surface area (Å²) in [6.45, 7) is 5.20. The lowest BCUT2D eigenvalue weighted by Gasteiger charge is -2.32. The highest BCUT2D eigenvalue weighted by Gasteiger charge is 2.58. The molecule has 0 saturated carbocycles. The van der Waals surface area contributed by atoms with Crippen molar-refractivity contribution in [2.24, 2.45) is 5.92 Å². The SMILES string of the molecule is CC(C)CC(C(=O)N[C@@H](CC(=O)O)C(=O)N[C@H](C(=O)O)c1ccccc1)N1C(=O)N(Cc2ccccc2)C(C)(c2ccncc2)C1=O.[HH].[HH]. The van der Waals surface area contributed by atoms with Gasteiger partial charge in [0.1, 0.15) is 17.6 Å². The van der Waals surface area contributed by atoms with Gasteiger partial charge in [0.2, 0.25) is 11.8 Å². The van der Waals surface area contributed by atoms with Gasteiger partial charge >= 0.3 is 18.0 Å². The van der Waals surface area contributed by atoms with E-state index < -0.39 is 65.8 Å². The van der Waals surface area contributed by atoms with Crippen molar-refractivity contribution in [1.29, 1.82) is 0 Å². The number of carbonyl (C=O) groups is 6. The van der Waals surface area contributed by atoms with Crippen LogP contribution in [0.5, 0.6) is 0 Å². The van der Waals surface area contributed by atoms with Crippen LogP contribution in [0.3, 0.4) is 0 Å². The molecule has 0 spiro atoms. The number of nitrogens with zero attached hydrogens (tertiary/aromatic N) is 3. The fourth-order valence-electron chi connectivity index (χ4n) is 5.58. The first-order chi connectivity index (χ1) is 22.3. The lowest BCUT2D eigenvalue weighted by Crippen LogP contribution is -2.56. The van der Waals surface area contributed by atoms with E-state index in [0.717, 1.165) is 10.5 Å². The topological polar surface area (TPSA) is 186 Å². The number of amides is 5. The first-order valence-corrected chi connectivity index (χ1v) is 15.0. The summed E-state index contributed by atoms with van der Waals surface area (Å²) < 4.78 is 0. The maximum Gasteiger partial charge on any atom is 0.330 e. The molecule has 2 unspecified atom stereocenters. The fourth-order valence-corrected chi connectivity index (χ4v) is 5.58. The van der Waals surface area contributed by atoms with Gasteiger partial charge in [0, 0.05) is 21.8 Å². The quantitative estimate of drug-likeness (QED) is 0.190. The number of pyridine rings is 1. The number of benzene rings is 2. The average molecular weight is 648 g/mol. The molecule has 2 aromatic carbocycles. The number of hydrogen-bond donors (Lipinski definition) is 4. The molecule has 0 aliphatic carbocycles. The van der Waals surface area contributed by atoms with Gasteiger partial charge in [0.15, 0.2) is 6.04 Å². The number of hydrogen-bond acceptors (Lipinski definition) is 7. The van der Waals surface area contributed by atoms with Gasteiger partial charge in [-0.15, -0.1) is 0 Å². The van der Waals surface area contributed by atoms with Crippen LogP contribution in [-0.4, -0.2) is 72.8 Å². The molecular weight excluding hydrogens is 606 g/mol. The highest BCUT2D eigenvalue weighted by molar-refractivity contribution is 6.10. The van der Waals surface area contributed by atoms with Crippen molar-refractivity contribution in [1.82, 2.24) is 25.4 Å². The Labute approximate surface area is 274 Å². The molecule has 0 radical (unpaired) electrons. The van der Waals surface area contributed by atoms with Crippen LogP contribution >= 0.6 is 0 Å². The minimum atomic E-state index is -1.72. The van der Waals surface area contributed by atoms with Gasteiger partial charge in [0.25, 0.3) is 5.91 Å². The molecule has 0 bridgehead atoms. The van der Waals surface area contributed by atoms with Crippen LogP contribution in [0.25, 0.3) is 0 Å². The number of rotatable bonds is 14. The summed E-state index contributed by atoms with van der Waals surface area (Å²) in [5.74, 6) is -5.74. The maximum absolute atomic E-state index is 14.4. The van der Waals surface area contributed by atoms with Crippen molar-refractivity contribution in [3.63, 3.8) is 0 Å². The standard InChI is InChI=1S/C34H37N5O8.2H2/c1-21(2)18-26(30(43)36-25(19-27(40)41)29(42)37-28(31(44)45)23-12-8-5-9-13-23)39-32(46)34(3,24-14-16-35-17-15-24)38(33(39)47)20-22-10-6-4-7-11-22;;/h4-17,21,25-26,28H,18-20H2,1-3H3,(H,36,43)(H,37,42)(H,40,41)(H,44,45);2*1H/t25-,26?,28-,34?;;/m0../s1. The first kappa shape index (κ1) is 34.3. The number of aromatic nitrogens is 1. The lowest BCUT2D eigenvalue weighted by atomic mass is 9.90. The summed E-state index contributed by atoms with van der Waals surface area (Å²) in [5.41, 5.74) is -0.0938. The zero-order valence-electron chi connectivity index (χ0n) is 26.2. The third kappa shape index (κ3) is 7.63. The van der Waals surface area contributed by atoms with E-state index in [0.29, 0.717) is 5.56 Å². The molecule has 4 atom stereocenters. The van der Waals surface area contributed by atoms with Gasteiger partial charge in [0.05, 0.1) is 6.42 Å². The van der Waals surface area contributed by atoms with E-state index in [1.807, 2.05) is 6.07 Å². The molecule has 4 N–H and O–H groups in total. The van der Waals surface area contributed by atoms with Crippen molar-refractivity contribution >= 4 is 35.7 Å². The summed E-state index contributed by atoms with van der Waals surface area (Å²) in [7, 11) is 0. The Morgan fingerprint density at radius 1 is 0.872 bits per heavy atom. The van der Waals surface area contributed by atoms with Crippen molar-refractivity contribution in [2.45, 2.75) is 63.8 Å². The van der Waals surface area contributed by atoms with Crippen LogP contribution in [0.1, 0.15) is 59.2 Å². The summed E-state index contributed by atoms with van der Waals surface area (Å²) in [5, 5.41) is 24.1. The maximum atomic E-state index is 14.4. The molecule has 47 heavy (non-hydrogen) atoms. The Morgan fingerprint density at radius 3 is 2.02 bits per heavy atom. The predicted octanol–water partition coefficient (Wildman–Crippen LogP) is 3.57. The fraction of sp³-hybridized carbons (Fsp3) is 0.324. The van der Waals surface area contributed by atoms with E-state index in [-0.39, 0.29) is 27.3 Å². The third-order valence-electron chi connectivity index (χ3n) is 8.03. The summed E-state index contributed by atoms with van der Waals surface area (Å²) in [6, 6.07) is 14.6. The van der Waals surface area contributed by atoms with Crippen molar-refractivity contribution in [3.05, 3.63) is 102 Å². The van der Waals surface area contributed by atoms with Crippen LogP contribution in [0.4, 0.5) is 4.79 Å². The van der Waals surface area contributed by atoms with Crippen molar-refractivity contribution in [2.75, 3.05) is 0 Å². The van der Waals surface area contributed by atoms with Gasteiger partial charge in [-0.25, -0.2) is 14.5 Å². The van der Waals surface area contributed by atoms with Crippen molar-refractivity contribution < 1.29 is 41.8 Å². The largest absolute Gasteiger partial charge is 0.481 e. The monoisotopic (exact) mass is 647 g/mol. The summed E-state index contributed by atoms with van der Waals surface area (Å²) in [6.07, 6.45) is 2.10. The predicted molar refractivity (Wildman–Crippen MR) is 172 cm³/mol. The van der Waals surface area contributed by atoms with Crippen LogP contribution in [0, 0.1) is 5.92 Å². The van der Waals surface area contributed by atoms with Gasteiger partial charge < -0.3 is 25.7 Å². The normalized spacial score (nSPS) is 18.0. The number of carbonyl (C=O) groups excluding carboxylic acids is 4. The molecule has 1 aliphatic heterocycles. The number of imide groups is 1. The number of carboxylic acids is 2. The number of aliphatic carboxylic acids is 2. The van der Waals surface area contributed by atoms with E-state index >= 15 is 0 Å². The molecule has 1 aromatic heterocycles. The van der Waals surface area contributed by atoms with Crippen LogP contribution in [-0.2, 0) is 36.1 Å². The second-order valence-corrected chi connectivity index (χ2v) is 11.8. The van der Waals surface area contributed by atoms with Crippen molar-refractivity contribution in [3.8, 4) is 0 Å². The Bertz CT molecular complexity index is 1630. The van der Waals surface area contributed by atoms with Crippen LogP contribution < -0.4 is 10.6 Å². The first-order valence-electron chi connectivity index (χ1n) is 15.0. The van der Waals surface area contributed by atoms with Gasteiger partial charge in [-0.2, -0.15) is 0 Å². The summed E-state index contributed by atoms with van der Waals surface area (Å²) in [4.78, 5) is 85.9. The molecule has 1 aliphatic rings. The van der Waals surface area contributed by atoms with Gasteiger partial charge in [-0.3, -0.25) is 24.2 Å². The Balaban J connectivity index is 0.00000417. The molecule has 3 aromatic rings. The Kier molecular flexibility index (Phi) is 10.7. The number of carboxylic acid groups (broad SMARTS) is 2. The number of urea groups is 1. The Morgan fingerprint density at radius 2 is 1.47 bits per heavy atom.